The van der Waals surface area contributed by atoms with Gasteiger partial charge in [-0.15, -0.1) is 0 Å². The summed E-state index contributed by atoms with van der Waals surface area (Å²) in [7, 11) is -2.15. The van der Waals surface area contributed by atoms with Crippen molar-refractivity contribution in [1.82, 2.24) is 9.78 Å². The van der Waals surface area contributed by atoms with Gasteiger partial charge in [0.25, 0.3) is 10.0 Å². The largest absolute Gasteiger partial charge is 0.381 e. The molecule has 0 unspecified atom stereocenters. The van der Waals surface area contributed by atoms with Gasteiger partial charge in [-0.2, -0.15) is 5.10 Å². The summed E-state index contributed by atoms with van der Waals surface area (Å²) in [5.41, 5.74) is 6.15. The summed E-state index contributed by atoms with van der Waals surface area (Å²) in [6, 6.07) is 13.0. The number of nitrogens with two attached hydrogens (primary N) is 1. The van der Waals surface area contributed by atoms with Gasteiger partial charge in [-0.05, 0) is 11.5 Å². The van der Waals surface area contributed by atoms with Crippen LogP contribution in [-0.4, -0.2) is 18.2 Å². The zero-order valence-corrected chi connectivity index (χ0v) is 12.1. The van der Waals surface area contributed by atoms with Gasteiger partial charge >= 0.3 is 0 Å². The highest BCUT2D eigenvalue weighted by molar-refractivity contribution is 7.92. The van der Waals surface area contributed by atoms with E-state index in [0.717, 1.165) is 10.8 Å². The second kappa shape index (κ2) is 4.78. The van der Waals surface area contributed by atoms with E-state index in [1.54, 1.807) is 19.2 Å². The zero-order valence-electron chi connectivity index (χ0n) is 11.3. The van der Waals surface area contributed by atoms with Crippen LogP contribution in [0.25, 0.3) is 10.8 Å². The summed E-state index contributed by atoms with van der Waals surface area (Å²) in [5, 5.41) is 5.64. The number of aromatic nitrogens is 2. The number of hydrogen-bond acceptors (Lipinski definition) is 4. The number of sulfonamides is 1. The van der Waals surface area contributed by atoms with Gasteiger partial charge in [0, 0.05) is 18.6 Å². The van der Waals surface area contributed by atoms with Gasteiger partial charge < -0.3 is 5.73 Å². The Morgan fingerprint density at radius 2 is 1.86 bits per heavy atom. The summed E-state index contributed by atoms with van der Waals surface area (Å²) >= 11 is 0. The molecule has 7 heteroatoms. The quantitative estimate of drug-likeness (QED) is 0.774. The molecule has 0 spiro atoms. The predicted molar refractivity (Wildman–Crippen MR) is 82.4 cm³/mol. The Bertz CT molecular complexity index is 910. The molecule has 1 heterocycles. The Hall–Kier alpha value is -2.54. The fourth-order valence-electron chi connectivity index (χ4n) is 2.21. The van der Waals surface area contributed by atoms with Crippen LogP contribution in [0.2, 0.25) is 0 Å². The molecule has 0 aliphatic heterocycles. The molecule has 6 nitrogen and oxygen atoms in total. The van der Waals surface area contributed by atoms with E-state index in [4.69, 9.17) is 5.73 Å². The Labute approximate surface area is 122 Å². The predicted octanol–water partition coefficient (Wildman–Crippen LogP) is 1.96. The first-order valence-electron chi connectivity index (χ1n) is 6.27. The van der Waals surface area contributed by atoms with Crippen molar-refractivity contribution in [2.75, 3.05) is 10.5 Å². The van der Waals surface area contributed by atoms with E-state index in [2.05, 4.69) is 9.82 Å². The van der Waals surface area contributed by atoms with Crippen LogP contribution in [0.5, 0.6) is 0 Å². The molecule has 1 aromatic heterocycles. The van der Waals surface area contributed by atoms with Crippen molar-refractivity contribution in [3.63, 3.8) is 0 Å². The number of anilines is 2. The maximum absolute atomic E-state index is 12.4. The van der Waals surface area contributed by atoms with Crippen LogP contribution in [0.15, 0.2) is 53.6 Å². The fraction of sp³-hybridized carbons (Fsp3) is 0.0714. The number of aryl methyl sites for hydroxylation is 1. The van der Waals surface area contributed by atoms with Crippen LogP contribution in [0.4, 0.5) is 11.5 Å². The molecule has 3 rings (SSSR count). The van der Waals surface area contributed by atoms with E-state index in [9.17, 15) is 8.42 Å². The lowest BCUT2D eigenvalue weighted by molar-refractivity contribution is 0.601. The molecule has 21 heavy (non-hydrogen) atoms. The third-order valence-corrected chi connectivity index (χ3v) is 4.53. The SMILES string of the molecule is Cn1cc(S(=O)(=O)Nc2cccc3ccccc23)c(N)n1. The molecule has 0 bridgehead atoms. The lowest BCUT2D eigenvalue weighted by Crippen LogP contribution is -2.14. The molecule has 0 amide bonds. The number of hydrogen-bond donors (Lipinski definition) is 2. The number of rotatable bonds is 3. The average Bonchev–Trinajstić information content (AvgIpc) is 2.79. The lowest BCUT2D eigenvalue weighted by Gasteiger charge is -2.09. The molecule has 0 aliphatic rings. The molecule has 0 saturated heterocycles. The van der Waals surface area contributed by atoms with Crippen molar-refractivity contribution in [3.05, 3.63) is 48.7 Å². The van der Waals surface area contributed by atoms with E-state index in [1.165, 1.54) is 10.9 Å². The molecular formula is C14H14N4O2S. The van der Waals surface area contributed by atoms with E-state index < -0.39 is 10.0 Å². The number of fused-ring (bicyclic) bond motifs is 1. The maximum atomic E-state index is 12.4. The highest BCUT2D eigenvalue weighted by Gasteiger charge is 2.21. The summed E-state index contributed by atoms with van der Waals surface area (Å²) in [6.07, 6.45) is 1.38. The van der Waals surface area contributed by atoms with E-state index in [-0.39, 0.29) is 10.7 Å². The Morgan fingerprint density at radius 1 is 1.14 bits per heavy atom. The molecule has 2 aromatic carbocycles. The van der Waals surface area contributed by atoms with Gasteiger partial charge in [0.15, 0.2) is 5.82 Å². The second-order valence-corrected chi connectivity index (χ2v) is 6.34. The van der Waals surface area contributed by atoms with Crippen molar-refractivity contribution >= 4 is 32.3 Å². The van der Waals surface area contributed by atoms with Crippen LogP contribution in [0.1, 0.15) is 0 Å². The molecular weight excluding hydrogens is 288 g/mol. The van der Waals surface area contributed by atoms with Crippen LogP contribution < -0.4 is 10.5 Å². The first kappa shape index (κ1) is 13.4. The third-order valence-electron chi connectivity index (χ3n) is 3.15. The van der Waals surface area contributed by atoms with Crippen molar-refractivity contribution < 1.29 is 8.42 Å². The lowest BCUT2D eigenvalue weighted by atomic mass is 10.1. The molecule has 3 aromatic rings. The molecule has 0 aliphatic carbocycles. The second-order valence-electron chi connectivity index (χ2n) is 4.68. The monoisotopic (exact) mass is 302 g/mol. The van der Waals surface area contributed by atoms with Crippen LogP contribution >= 0.6 is 0 Å². The van der Waals surface area contributed by atoms with E-state index in [1.807, 2.05) is 30.3 Å². The smallest absolute Gasteiger partial charge is 0.267 e. The summed E-state index contributed by atoms with van der Waals surface area (Å²) in [6.45, 7) is 0. The molecule has 0 atom stereocenters. The molecule has 0 fully saturated rings. The Morgan fingerprint density at radius 3 is 2.57 bits per heavy atom. The minimum Gasteiger partial charge on any atom is -0.381 e. The fourth-order valence-corrected chi connectivity index (χ4v) is 3.39. The highest BCUT2D eigenvalue weighted by atomic mass is 32.2. The van der Waals surface area contributed by atoms with Crippen molar-refractivity contribution in [1.29, 1.82) is 0 Å². The van der Waals surface area contributed by atoms with Crippen molar-refractivity contribution in [2.45, 2.75) is 4.90 Å². The van der Waals surface area contributed by atoms with Gasteiger partial charge in [-0.1, -0.05) is 36.4 Å². The van der Waals surface area contributed by atoms with E-state index in [0.29, 0.717) is 5.69 Å². The molecule has 0 radical (unpaired) electrons. The summed E-state index contributed by atoms with van der Waals surface area (Å²) in [5.74, 6) is -0.0229. The van der Waals surface area contributed by atoms with Crippen LogP contribution in [-0.2, 0) is 17.1 Å². The van der Waals surface area contributed by atoms with Gasteiger partial charge in [0.1, 0.15) is 4.90 Å². The topological polar surface area (TPSA) is 90.0 Å². The van der Waals surface area contributed by atoms with Crippen molar-refractivity contribution in [3.8, 4) is 0 Å². The van der Waals surface area contributed by atoms with E-state index >= 15 is 0 Å². The summed E-state index contributed by atoms with van der Waals surface area (Å²) in [4.78, 5) is -0.0297. The number of nitrogens with zero attached hydrogens (tertiary/aromatic N) is 2. The minimum absolute atomic E-state index is 0.0229. The standard InChI is InChI=1S/C14H14N4O2S/c1-18-9-13(14(15)16-18)21(19,20)17-12-8-4-6-10-5-2-3-7-11(10)12/h2-9,17H,1H3,(H2,15,16). The normalized spacial score (nSPS) is 11.7. The first-order chi connectivity index (χ1) is 9.97. The van der Waals surface area contributed by atoms with Gasteiger partial charge in [-0.25, -0.2) is 8.42 Å². The first-order valence-corrected chi connectivity index (χ1v) is 7.75. The molecule has 0 saturated carbocycles. The molecule has 3 N–H and O–H groups in total. The number of nitrogen functional groups attached to an aromatic ring is 1. The highest BCUT2D eigenvalue weighted by Crippen LogP contribution is 2.26. The number of nitrogens with one attached hydrogen (secondary N) is 1. The minimum atomic E-state index is -3.77. The van der Waals surface area contributed by atoms with Gasteiger partial charge in [0.2, 0.25) is 0 Å². The third kappa shape index (κ3) is 2.43. The average molecular weight is 302 g/mol. The van der Waals surface area contributed by atoms with Gasteiger partial charge in [0.05, 0.1) is 5.69 Å². The Kier molecular flexibility index (Phi) is 3.06. The zero-order chi connectivity index (χ0) is 15.0. The Balaban J connectivity index is 2.08. The van der Waals surface area contributed by atoms with Gasteiger partial charge in [-0.3, -0.25) is 9.40 Å². The van der Waals surface area contributed by atoms with Crippen LogP contribution in [0.3, 0.4) is 0 Å². The maximum Gasteiger partial charge on any atom is 0.267 e. The number of benzene rings is 2. The van der Waals surface area contributed by atoms with Crippen molar-refractivity contribution in [2.24, 2.45) is 7.05 Å². The molecule has 108 valence electrons. The van der Waals surface area contributed by atoms with Crippen LogP contribution in [0, 0.1) is 0 Å². The summed E-state index contributed by atoms with van der Waals surface area (Å²) < 4.78 is 28.8.